The van der Waals surface area contributed by atoms with Gasteiger partial charge in [-0.15, -0.1) is 0 Å². The number of fused-ring (bicyclic) bond motifs is 1. The number of amides is 1. The molecular weight excluding hydrogens is 348 g/mol. The maximum atomic E-state index is 13.3. The molecule has 1 aliphatic heterocycles. The van der Waals surface area contributed by atoms with Gasteiger partial charge in [-0.25, -0.2) is 8.42 Å². The summed E-state index contributed by atoms with van der Waals surface area (Å²) in [5.41, 5.74) is 3.48. The van der Waals surface area contributed by atoms with Gasteiger partial charge in [-0.2, -0.15) is 0 Å². The molecule has 0 N–H and O–H groups in total. The minimum absolute atomic E-state index is 0.176. The number of aryl methyl sites for hydroxylation is 1. The van der Waals surface area contributed by atoms with E-state index in [0.717, 1.165) is 29.5 Å². The quantitative estimate of drug-likeness (QED) is 0.810. The molecule has 2 aromatic rings. The number of para-hydroxylation sites is 1. The van der Waals surface area contributed by atoms with Crippen LogP contribution in [0.5, 0.6) is 0 Å². The molecule has 6 heteroatoms. The van der Waals surface area contributed by atoms with E-state index < -0.39 is 16.1 Å². The number of anilines is 2. The standard InChI is InChI=1S/C20H24N2O3S/c1-4-18(20(23)21-13-12-16-9-5-6-11-19(16)21)22(26(3,24)25)17-10-7-8-15(2)14-17/h5-11,14,18H,4,12-13H2,1-3H3/t18-/m1/s1. The normalized spacial score (nSPS) is 14.8. The van der Waals surface area contributed by atoms with Gasteiger partial charge in [-0.3, -0.25) is 9.10 Å². The molecule has 26 heavy (non-hydrogen) atoms. The topological polar surface area (TPSA) is 57.7 Å². The summed E-state index contributed by atoms with van der Waals surface area (Å²) in [6, 6.07) is 14.3. The summed E-state index contributed by atoms with van der Waals surface area (Å²) in [5, 5.41) is 0. The zero-order valence-electron chi connectivity index (χ0n) is 15.3. The zero-order chi connectivity index (χ0) is 18.9. The first-order valence-electron chi connectivity index (χ1n) is 8.78. The second-order valence-corrected chi connectivity index (χ2v) is 8.55. The van der Waals surface area contributed by atoms with E-state index in [0.29, 0.717) is 18.7 Å². The van der Waals surface area contributed by atoms with E-state index in [9.17, 15) is 13.2 Å². The highest BCUT2D eigenvalue weighted by atomic mass is 32.2. The van der Waals surface area contributed by atoms with Crippen LogP contribution in [-0.4, -0.2) is 33.2 Å². The number of hydrogen-bond acceptors (Lipinski definition) is 3. The fourth-order valence-electron chi connectivity index (χ4n) is 3.56. The number of carbonyl (C=O) groups excluding carboxylic acids is 1. The van der Waals surface area contributed by atoms with Gasteiger partial charge in [0.1, 0.15) is 6.04 Å². The van der Waals surface area contributed by atoms with Crippen LogP contribution in [0.2, 0.25) is 0 Å². The highest BCUT2D eigenvalue weighted by Gasteiger charge is 2.36. The molecule has 2 aromatic carbocycles. The molecule has 0 spiro atoms. The Labute approximate surface area is 155 Å². The van der Waals surface area contributed by atoms with Crippen LogP contribution in [-0.2, 0) is 21.2 Å². The van der Waals surface area contributed by atoms with Crippen molar-refractivity contribution in [3.8, 4) is 0 Å². The average molecular weight is 372 g/mol. The molecule has 0 unspecified atom stereocenters. The van der Waals surface area contributed by atoms with E-state index in [4.69, 9.17) is 0 Å². The van der Waals surface area contributed by atoms with Crippen LogP contribution in [0.15, 0.2) is 48.5 Å². The predicted molar refractivity (Wildman–Crippen MR) is 105 cm³/mol. The molecule has 1 heterocycles. The Morgan fingerprint density at radius 1 is 1.19 bits per heavy atom. The summed E-state index contributed by atoms with van der Waals surface area (Å²) in [5.74, 6) is -0.176. The van der Waals surface area contributed by atoms with Crippen molar-refractivity contribution in [3.05, 3.63) is 59.7 Å². The lowest BCUT2D eigenvalue weighted by Crippen LogP contribution is -2.50. The Bertz CT molecular complexity index is 924. The second-order valence-electron chi connectivity index (χ2n) is 6.69. The van der Waals surface area contributed by atoms with Crippen molar-refractivity contribution in [1.29, 1.82) is 0 Å². The number of carbonyl (C=O) groups is 1. The molecule has 1 aliphatic rings. The SMILES string of the molecule is CC[C@H](C(=O)N1CCc2ccccc21)N(c1cccc(C)c1)S(C)(=O)=O. The molecule has 0 fully saturated rings. The summed E-state index contributed by atoms with van der Waals surface area (Å²) in [6.45, 7) is 4.34. The van der Waals surface area contributed by atoms with Crippen molar-refractivity contribution < 1.29 is 13.2 Å². The highest BCUT2D eigenvalue weighted by Crippen LogP contribution is 2.31. The van der Waals surface area contributed by atoms with E-state index >= 15 is 0 Å². The van der Waals surface area contributed by atoms with Gasteiger partial charge in [0.2, 0.25) is 10.0 Å². The lowest BCUT2D eigenvalue weighted by atomic mass is 10.1. The fourth-order valence-corrected chi connectivity index (χ4v) is 4.75. The molecule has 0 bridgehead atoms. The first-order valence-corrected chi connectivity index (χ1v) is 10.6. The third-order valence-corrected chi connectivity index (χ3v) is 5.90. The van der Waals surface area contributed by atoms with Gasteiger partial charge >= 0.3 is 0 Å². The number of nitrogens with zero attached hydrogens (tertiary/aromatic N) is 2. The van der Waals surface area contributed by atoms with Gasteiger partial charge in [0.25, 0.3) is 5.91 Å². The van der Waals surface area contributed by atoms with Crippen molar-refractivity contribution >= 4 is 27.3 Å². The molecule has 1 atom stereocenters. The van der Waals surface area contributed by atoms with Crippen molar-refractivity contribution in [2.45, 2.75) is 32.7 Å². The lowest BCUT2D eigenvalue weighted by Gasteiger charge is -2.33. The average Bonchev–Trinajstić information content (AvgIpc) is 3.02. The molecule has 3 rings (SSSR count). The molecule has 5 nitrogen and oxygen atoms in total. The van der Waals surface area contributed by atoms with Gasteiger partial charge in [-0.05, 0) is 49.1 Å². The van der Waals surface area contributed by atoms with Crippen molar-refractivity contribution in [3.63, 3.8) is 0 Å². The zero-order valence-corrected chi connectivity index (χ0v) is 16.2. The molecule has 1 amide bonds. The van der Waals surface area contributed by atoms with Gasteiger partial charge in [-0.1, -0.05) is 37.3 Å². The number of hydrogen-bond donors (Lipinski definition) is 0. The van der Waals surface area contributed by atoms with E-state index in [1.54, 1.807) is 17.0 Å². The van der Waals surface area contributed by atoms with Gasteiger partial charge in [0, 0.05) is 12.2 Å². The lowest BCUT2D eigenvalue weighted by molar-refractivity contribution is -0.119. The Morgan fingerprint density at radius 2 is 1.92 bits per heavy atom. The molecule has 0 saturated heterocycles. The van der Waals surface area contributed by atoms with Gasteiger partial charge < -0.3 is 4.90 Å². The van der Waals surface area contributed by atoms with Crippen molar-refractivity contribution in [1.82, 2.24) is 0 Å². The largest absolute Gasteiger partial charge is 0.310 e. The number of rotatable bonds is 5. The Kier molecular flexibility index (Phi) is 5.05. The second kappa shape index (κ2) is 7.11. The van der Waals surface area contributed by atoms with Crippen LogP contribution in [0.1, 0.15) is 24.5 Å². The highest BCUT2D eigenvalue weighted by molar-refractivity contribution is 7.92. The summed E-state index contributed by atoms with van der Waals surface area (Å²) in [6.07, 6.45) is 2.35. The number of sulfonamides is 1. The van der Waals surface area contributed by atoms with Crippen LogP contribution in [0.3, 0.4) is 0 Å². The van der Waals surface area contributed by atoms with Gasteiger partial charge in [0.05, 0.1) is 11.9 Å². The molecule has 138 valence electrons. The van der Waals surface area contributed by atoms with E-state index in [-0.39, 0.29) is 5.91 Å². The van der Waals surface area contributed by atoms with Gasteiger partial charge in [0.15, 0.2) is 0 Å². The molecule has 0 aromatic heterocycles. The van der Waals surface area contributed by atoms with Crippen LogP contribution < -0.4 is 9.21 Å². The van der Waals surface area contributed by atoms with Crippen LogP contribution in [0, 0.1) is 6.92 Å². The van der Waals surface area contributed by atoms with Crippen molar-refractivity contribution in [2.75, 3.05) is 22.0 Å². The first-order chi connectivity index (χ1) is 12.3. The van der Waals surface area contributed by atoms with Crippen molar-refractivity contribution in [2.24, 2.45) is 0 Å². The Morgan fingerprint density at radius 3 is 2.58 bits per heavy atom. The van der Waals surface area contributed by atoms with E-state index in [1.807, 2.05) is 50.2 Å². The maximum absolute atomic E-state index is 13.3. The fraction of sp³-hybridized carbons (Fsp3) is 0.350. The van der Waals surface area contributed by atoms with Crippen LogP contribution >= 0.6 is 0 Å². The smallest absolute Gasteiger partial charge is 0.250 e. The van der Waals surface area contributed by atoms with E-state index in [2.05, 4.69) is 0 Å². The summed E-state index contributed by atoms with van der Waals surface area (Å²) in [4.78, 5) is 15.0. The number of benzene rings is 2. The first kappa shape index (κ1) is 18.5. The minimum Gasteiger partial charge on any atom is -0.310 e. The monoisotopic (exact) mass is 372 g/mol. The minimum atomic E-state index is -3.61. The summed E-state index contributed by atoms with van der Waals surface area (Å²) >= 11 is 0. The third kappa shape index (κ3) is 3.46. The third-order valence-electron chi connectivity index (χ3n) is 4.72. The summed E-state index contributed by atoms with van der Waals surface area (Å²) in [7, 11) is -3.61. The molecule has 0 saturated carbocycles. The van der Waals surface area contributed by atoms with Crippen LogP contribution in [0.25, 0.3) is 0 Å². The molecule has 0 aliphatic carbocycles. The van der Waals surface area contributed by atoms with E-state index in [1.165, 1.54) is 4.31 Å². The molecular formula is C20H24N2O3S. The Hall–Kier alpha value is -2.34. The van der Waals surface area contributed by atoms with Crippen LogP contribution in [0.4, 0.5) is 11.4 Å². The maximum Gasteiger partial charge on any atom is 0.250 e. The summed E-state index contributed by atoms with van der Waals surface area (Å²) < 4.78 is 26.4. The predicted octanol–water partition coefficient (Wildman–Crippen LogP) is 3.13. The molecule has 0 radical (unpaired) electrons. The Balaban J connectivity index is 2.01.